The minimum absolute atomic E-state index is 0.375. The zero-order valence-corrected chi connectivity index (χ0v) is 9.86. The summed E-state index contributed by atoms with van der Waals surface area (Å²) in [6.45, 7) is 8.72. The number of hydrogen-bond donors (Lipinski definition) is 2. The van der Waals surface area contributed by atoms with Crippen molar-refractivity contribution >= 4 is 11.6 Å². The standard InChI is InChI=1S/C12H16ClNO/c1-8-4-11(5-9(2)12(8)15)7-14-6-10(3)13/h4-5,14-15H,3,6-7H2,1-2H3. The highest BCUT2D eigenvalue weighted by molar-refractivity contribution is 6.29. The van der Waals surface area contributed by atoms with Crippen molar-refractivity contribution in [2.75, 3.05) is 6.54 Å². The number of rotatable bonds is 4. The van der Waals surface area contributed by atoms with Gasteiger partial charge in [0, 0.05) is 18.1 Å². The van der Waals surface area contributed by atoms with E-state index in [1.165, 1.54) is 0 Å². The highest BCUT2D eigenvalue weighted by Gasteiger charge is 2.02. The van der Waals surface area contributed by atoms with Gasteiger partial charge in [-0.1, -0.05) is 30.3 Å². The molecule has 2 nitrogen and oxygen atoms in total. The lowest BCUT2D eigenvalue weighted by atomic mass is 10.1. The van der Waals surface area contributed by atoms with Gasteiger partial charge in [0.15, 0.2) is 0 Å². The second-order valence-corrected chi connectivity index (χ2v) is 4.23. The number of halogens is 1. The van der Waals surface area contributed by atoms with E-state index in [1.54, 1.807) is 0 Å². The Bertz CT molecular complexity index is 351. The molecule has 1 aromatic carbocycles. The van der Waals surface area contributed by atoms with E-state index in [4.69, 9.17) is 11.6 Å². The van der Waals surface area contributed by atoms with E-state index >= 15 is 0 Å². The third-order valence-corrected chi connectivity index (χ3v) is 2.33. The Hall–Kier alpha value is -0.990. The summed E-state index contributed by atoms with van der Waals surface area (Å²) in [7, 11) is 0. The third kappa shape index (κ3) is 3.57. The van der Waals surface area contributed by atoms with Crippen LogP contribution in [-0.4, -0.2) is 11.7 Å². The van der Waals surface area contributed by atoms with Gasteiger partial charge in [-0.15, -0.1) is 0 Å². The zero-order chi connectivity index (χ0) is 11.4. The number of aromatic hydroxyl groups is 1. The summed E-state index contributed by atoms with van der Waals surface area (Å²) in [5.41, 5.74) is 2.94. The van der Waals surface area contributed by atoms with Crippen LogP contribution in [0.5, 0.6) is 5.75 Å². The summed E-state index contributed by atoms with van der Waals surface area (Å²) in [5.74, 6) is 0.375. The molecular formula is C12H16ClNO. The van der Waals surface area contributed by atoms with E-state index in [9.17, 15) is 5.11 Å². The fraction of sp³-hybridized carbons (Fsp3) is 0.333. The molecule has 1 rings (SSSR count). The van der Waals surface area contributed by atoms with Gasteiger partial charge in [-0.05, 0) is 30.5 Å². The lowest BCUT2D eigenvalue weighted by Gasteiger charge is -2.08. The molecule has 3 heteroatoms. The molecule has 0 unspecified atom stereocenters. The Morgan fingerprint density at radius 3 is 2.40 bits per heavy atom. The number of nitrogens with one attached hydrogen (secondary N) is 1. The number of phenols is 1. The summed E-state index contributed by atoms with van der Waals surface area (Å²) in [5, 5.41) is 13.3. The molecule has 0 aliphatic carbocycles. The molecule has 0 fully saturated rings. The van der Waals surface area contributed by atoms with Gasteiger partial charge in [0.25, 0.3) is 0 Å². The van der Waals surface area contributed by atoms with Crippen LogP contribution in [0.4, 0.5) is 0 Å². The minimum Gasteiger partial charge on any atom is -0.507 e. The van der Waals surface area contributed by atoms with Crippen LogP contribution in [0, 0.1) is 13.8 Å². The molecule has 82 valence electrons. The van der Waals surface area contributed by atoms with Gasteiger partial charge in [0.2, 0.25) is 0 Å². The van der Waals surface area contributed by atoms with Crippen LogP contribution in [-0.2, 0) is 6.54 Å². The molecule has 0 aromatic heterocycles. The van der Waals surface area contributed by atoms with E-state index in [0.717, 1.165) is 23.2 Å². The zero-order valence-electron chi connectivity index (χ0n) is 9.10. The minimum atomic E-state index is 0.375. The van der Waals surface area contributed by atoms with Crippen molar-refractivity contribution in [3.8, 4) is 5.75 Å². The van der Waals surface area contributed by atoms with Crippen molar-refractivity contribution in [3.05, 3.63) is 40.4 Å². The molecular weight excluding hydrogens is 210 g/mol. The Balaban J connectivity index is 2.66. The molecule has 0 aliphatic rings. The topological polar surface area (TPSA) is 32.3 Å². The molecule has 0 amide bonds. The smallest absolute Gasteiger partial charge is 0.121 e. The molecule has 15 heavy (non-hydrogen) atoms. The first-order valence-electron chi connectivity index (χ1n) is 4.84. The summed E-state index contributed by atoms with van der Waals surface area (Å²) in [6.07, 6.45) is 0. The van der Waals surface area contributed by atoms with Gasteiger partial charge in [-0.3, -0.25) is 0 Å². The molecule has 1 aromatic rings. The summed E-state index contributed by atoms with van der Waals surface area (Å²) in [4.78, 5) is 0. The maximum Gasteiger partial charge on any atom is 0.121 e. The van der Waals surface area contributed by atoms with Crippen LogP contribution in [0.25, 0.3) is 0 Å². The van der Waals surface area contributed by atoms with Crippen molar-refractivity contribution in [3.63, 3.8) is 0 Å². The van der Waals surface area contributed by atoms with Gasteiger partial charge in [0.05, 0.1) is 0 Å². The number of benzene rings is 1. The van der Waals surface area contributed by atoms with Crippen molar-refractivity contribution in [2.45, 2.75) is 20.4 Å². The second-order valence-electron chi connectivity index (χ2n) is 3.70. The molecule has 2 N–H and O–H groups in total. The summed E-state index contributed by atoms with van der Waals surface area (Å²) >= 11 is 5.63. The highest BCUT2D eigenvalue weighted by atomic mass is 35.5. The molecule has 0 aliphatic heterocycles. The summed E-state index contributed by atoms with van der Waals surface area (Å²) < 4.78 is 0. The van der Waals surface area contributed by atoms with Gasteiger partial charge in [-0.2, -0.15) is 0 Å². The van der Waals surface area contributed by atoms with Crippen LogP contribution < -0.4 is 5.32 Å². The predicted molar refractivity (Wildman–Crippen MR) is 64.3 cm³/mol. The molecule has 0 bridgehead atoms. The lowest BCUT2D eigenvalue weighted by Crippen LogP contribution is -2.14. The van der Waals surface area contributed by atoms with E-state index in [2.05, 4.69) is 11.9 Å². The van der Waals surface area contributed by atoms with Gasteiger partial charge < -0.3 is 10.4 Å². The van der Waals surface area contributed by atoms with Gasteiger partial charge >= 0.3 is 0 Å². The Morgan fingerprint density at radius 2 is 1.93 bits per heavy atom. The lowest BCUT2D eigenvalue weighted by molar-refractivity contribution is 0.466. The largest absolute Gasteiger partial charge is 0.507 e. The van der Waals surface area contributed by atoms with Crippen LogP contribution in [0.3, 0.4) is 0 Å². The third-order valence-electron chi connectivity index (χ3n) is 2.20. The summed E-state index contributed by atoms with van der Waals surface area (Å²) in [6, 6.07) is 3.93. The molecule has 0 saturated heterocycles. The average molecular weight is 226 g/mol. The van der Waals surface area contributed by atoms with E-state index in [0.29, 0.717) is 17.3 Å². The second kappa shape index (κ2) is 5.19. The fourth-order valence-corrected chi connectivity index (χ4v) is 1.58. The van der Waals surface area contributed by atoms with Crippen molar-refractivity contribution in [1.29, 1.82) is 0 Å². The maximum absolute atomic E-state index is 9.59. The van der Waals surface area contributed by atoms with Gasteiger partial charge in [-0.25, -0.2) is 0 Å². The van der Waals surface area contributed by atoms with E-state index < -0.39 is 0 Å². The van der Waals surface area contributed by atoms with Crippen molar-refractivity contribution in [2.24, 2.45) is 0 Å². The Morgan fingerprint density at radius 1 is 1.40 bits per heavy atom. The first kappa shape index (κ1) is 12.1. The molecule has 0 saturated carbocycles. The molecule has 0 radical (unpaired) electrons. The van der Waals surface area contributed by atoms with E-state index in [1.807, 2.05) is 26.0 Å². The molecule has 0 spiro atoms. The van der Waals surface area contributed by atoms with Crippen LogP contribution in [0.2, 0.25) is 0 Å². The SMILES string of the molecule is C=C(Cl)CNCc1cc(C)c(O)c(C)c1. The quantitative estimate of drug-likeness (QED) is 0.826. The maximum atomic E-state index is 9.59. The van der Waals surface area contributed by atoms with Crippen molar-refractivity contribution in [1.82, 2.24) is 5.32 Å². The number of hydrogen-bond acceptors (Lipinski definition) is 2. The fourth-order valence-electron chi connectivity index (χ4n) is 1.49. The molecule has 0 heterocycles. The number of aryl methyl sites for hydroxylation is 2. The molecule has 0 atom stereocenters. The predicted octanol–water partition coefficient (Wildman–Crippen LogP) is 2.85. The average Bonchev–Trinajstić information content (AvgIpc) is 2.13. The normalized spacial score (nSPS) is 10.3. The van der Waals surface area contributed by atoms with Crippen LogP contribution in [0.1, 0.15) is 16.7 Å². The highest BCUT2D eigenvalue weighted by Crippen LogP contribution is 2.22. The van der Waals surface area contributed by atoms with E-state index in [-0.39, 0.29) is 0 Å². The van der Waals surface area contributed by atoms with Crippen LogP contribution >= 0.6 is 11.6 Å². The van der Waals surface area contributed by atoms with Crippen LogP contribution in [0.15, 0.2) is 23.7 Å². The Kier molecular flexibility index (Phi) is 4.18. The monoisotopic (exact) mass is 225 g/mol. The Labute approximate surface area is 95.6 Å². The number of phenolic OH excluding ortho intramolecular Hbond substituents is 1. The van der Waals surface area contributed by atoms with Crippen molar-refractivity contribution < 1.29 is 5.11 Å². The first-order chi connectivity index (χ1) is 7.00. The van der Waals surface area contributed by atoms with Gasteiger partial charge in [0.1, 0.15) is 5.75 Å². The first-order valence-corrected chi connectivity index (χ1v) is 5.21.